The van der Waals surface area contributed by atoms with E-state index < -0.39 is 23.4 Å². The predicted octanol–water partition coefficient (Wildman–Crippen LogP) is 5.69. The van der Waals surface area contributed by atoms with E-state index in [1.807, 2.05) is 45.2 Å². The van der Waals surface area contributed by atoms with Crippen LogP contribution in [0, 0.1) is 18.8 Å². The van der Waals surface area contributed by atoms with Crippen molar-refractivity contribution in [1.82, 2.24) is 0 Å². The summed E-state index contributed by atoms with van der Waals surface area (Å²) in [6.07, 6.45) is 0. The predicted molar refractivity (Wildman–Crippen MR) is 127 cm³/mol. The van der Waals surface area contributed by atoms with E-state index in [0.29, 0.717) is 0 Å². The van der Waals surface area contributed by atoms with E-state index in [9.17, 15) is 18.4 Å². The second-order valence-electron chi connectivity index (χ2n) is 6.07. The molecule has 9 heteroatoms. The summed E-state index contributed by atoms with van der Waals surface area (Å²) in [4.78, 5) is 25.3. The Hall–Kier alpha value is -2.28. The molecule has 0 spiro atoms. The summed E-state index contributed by atoms with van der Waals surface area (Å²) in [5.41, 5.74) is 0.174. The maximum atomic E-state index is 14.0. The molecule has 30 heavy (non-hydrogen) atoms. The molecule has 0 bridgehead atoms. The number of benzene rings is 3. The molecule has 5 nitrogen and oxygen atoms in total. The van der Waals surface area contributed by atoms with Crippen molar-refractivity contribution in [2.45, 2.75) is 0 Å². The van der Waals surface area contributed by atoms with Gasteiger partial charge < -0.3 is 15.4 Å². The van der Waals surface area contributed by atoms with Gasteiger partial charge in [-0.05, 0) is 99.8 Å². The van der Waals surface area contributed by atoms with Crippen molar-refractivity contribution < 1.29 is 23.1 Å². The molecular weight excluding hydrogens is 620 g/mol. The van der Waals surface area contributed by atoms with E-state index in [-0.39, 0.29) is 28.3 Å². The van der Waals surface area contributed by atoms with E-state index in [0.717, 1.165) is 7.14 Å². The lowest BCUT2D eigenvalue weighted by atomic mass is 10.1. The van der Waals surface area contributed by atoms with Crippen LogP contribution in [-0.2, 0) is 0 Å². The van der Waals surface area contributed by atoms with Gasteiger partial charge in [-0.3, -0.25) is 9.59 Å². The number of hydrogen-bond donors (Lipinski definition) is 2. The maximum Gasteiger partial charge on any atom is 0.259 e. The first-order valence-corrected chi connectivity index (χ1v) is 10.6. The molecule has 2 N–H and O–H groups in total. The molecule has 0 unspecified atom stereocenters. The Morgan fingerprint density at radius 1 is 0.800 bits per heavy atom. The number of hydrogen-bond acceptors (Lipinski definition) is 3. The molecule has 2 amide bonds. The summed E-state index contributed by atoms with van der Waals surface area (Å²) >= 11 is 4.00. The number of anilines is 2. The third-order valence-corrected chi connectivity index (χ3v) is 5.40. The van der Waals surface area contributed by atoms with Crippen LogP contribution in [0.25, 0.3) is 0 Å². The van der Waals surface area contributed by atoms with E-state index in [4.69, 9.17) is 4.74 Å². The van der Waals surface area contributed by atoms with Crippen LogP contribution < -0.4 is 15.4 Å². The van der Waals surface area contributed by atoms with Crippen LogP contribution >= 0.6 is 45.2 Å². The first-order chi connectivity index (χ1) is 14.3. The molecule has 3 aromatic rings. The van der Waals surface area contributed by atoms with Gasteiger partial charge in [-0.1, -0.05) is 0 Å². The average molecular weight is 634 g/mol. The fourth-order valence-corrected chi connectivity index (χ4v) is 3.58. The fourth-order valence-electron chi connectivity index (χ4n) is 2.60. The molecule has 0 radical (unpaired) electrons. The van der Waals surface area contributed by atoms with Crippen LogP contribution in [0.2, 0.25) is 0 Å². The number of methoxy groups -OCH3 is 1. The number of carbonyl (C=O) groups excluding carboxylic acids is 2. The van der Waals surface area contributed by atoms with E-state index in [1.54, 1.807) is 12.1 Å². The minimum atomic E-state index is -0.650. The quantitative estimate of drug-likeness (QED) is 0.355. The van der Waals surface area contributed by atoms with Crippen LogP contribution in [0.1, 0.15) is 20.7 Å². The van der Waals surface area contributed by atoms with Crippen molar-refractivity contribution in [3.05, 3.63) is 84.5 Å². The second kappa shape index (κ2) is 9.69. The number of amides is 2. The minimum Gasteiger partial charge on any atom is -0.496 e. The molecule has 154 valence electrons. The molecule has 3 rings (SSSR count). The van der Waals surface area contributed by atoms with Crippen molar-refractivity contribution in [3.63, 3.8) is 0 Å². The third-order valence-electron chi connectivity index (χ3n) is 4.06. The van der Waals surface area contributed by atoms with Crippen molar-refractivity contribution in [2.24, 2.45) is 0 Å². The number of halogens is 4. The Labute approximate surface area is 198 Å². The lowest BCUT2D eigenvalue weighted by molar-refractivity contribution is 0.102. The fraction of sp³-hybridized carbons (Fsp3) is 0.0476. The third kappa shape index (κ3) is 5.25. The molecule has 0 saturated heterocycles. The molecule has 0 heterocycles. The van der Waals surface area contributed by atoms with E-state index in [1.165, 1.54) is 49.6 Å². The Kier molecular flexibility index (Phi) is 7.23. The van der Waals surface area contributed by atoms with Gasteiger partial charge in [0.05, 0.1) is 24.0 Å². The Morgan fingerprint density at radius 3 is 1.87 bits per heavy atom. The van der Waals surface area contributed by atoms with Crippen LogP contribution in [0.4, 0.5) is 20.2 Å². The monoisotopic (exact) mass is 634 g/mol. The smallest absolute Gasteiger partial charge is 0.259 e. The summed E-state index contributed by atoms with van der Waals surface area (Å²) in [7, 11) is 1.37. The largest absolute Gasteiger partial charge is 0.496 e. The Bertz CT molecular complexity index is 1140. The van der Waals surface area contributed by atoms with Crippen molar-refractivity contribution in [2.75, 3.05) is 17.7 Å². The summed E-state index contributed by atoms with van der Waals surface area (Å²) in [5.74, 6) is -2.22. The normalized spacial score (nSPS) is 10.4. The van der Waals surface area contributed by atoms with Gasteiger partial charge in [-0.25, -0.2) is 8.78 Å². The van der Waals surface area contributed by atoms with Crippen LogP contribution in [-0.4, -0.2) is 18.9 Å². The molecule has 0 aliphatic heterocycles. The molecule has 3 aromatic carbocycles. The Morgan fingerprint density at radius 2 is 1.33 bits per heavy atom. The zero-order valence-electron chi connectivity index (χ0n) is 15.4. The number of ether oxygens (including phenoxy) is 1. The highest BCUT2D eigenvalue weighted by Gasteiger charge is 2.18. The zero-order valence-corrected chi connectivity index (χ0v) is 19.7. The average Bonchev–Trinajstić information content (AvgIpc) is 2.72. The molecule has 0 aromatic heterocycles. The molecule has 0 aliphatic carbocycles. The van der Waals surface area contributed by atoms with Crippen LogP contribution in [0.5, 0.6) is 5.75 Å². The topological polar surface area (TPSA) is 67.4 Å². The highest BCUT2D eigenvalue weighted by atomic mass is 127. The van der Waals surface area contributed by atoms with Gasteiger partial charge in [0.25, 0.3) is 11.8 Å². The van der Waals surface area contributed by atoms with Gasteiger partial charge in [0.15, 0.2) is 0 Å². The highest BCUT2D eigenvalue weighted by Crippen LogP contribution is 2.25. The molecule has 0 atom stereocenters. The summed E-state index contributed by atoms with van der Waals surface area (Å²) < 4.78 is 34.6. The van der Waals surface area contributed by atoms with Crippen LogP contribution in [0.15, 0.2) is 54.6 Å². The highest BCUT2D eigenvalue weighted by molar-refractivity contribution is 14.1. The SMILES string of the molecule is COc1ccc(C(=O)Nc2cc(I)ccc2F)cc1C(=O)Nc1cc(I)ccc1F. The maximum absolute atomic E-state index is 14.0. The lowest BCUT2D eigenvalue weighted by Gasteiger charge is -2.12. The summed E-state index contributed by atoms with van der Waals surface area (Å²) in [6.45, 7) is 0. The van der Waals surface area contributed by atoms with E-state index in [2.05, 4.69) is 10.6 Å². The number of carbonyl (C=O) groups is 2. The Balaban J connectivity index is 1.89. The molecule has 0 aliphatic rings. The second-order valence-corrected chi connectivity index (χ2v) is 8.56. The van der Waals surface area contributed by atoms with Gasteiger partial charge in [-0.15, -0.1) is 0 Å². The van der Waals surface area contributed by atoms with Crippen molar-refractivity contribution >= 4 is 68.4 Å². The van der Waals surface area contributed by atoms with Gasteiger partial charge in [0.1, 0.15) is 17.4 Å². The minimum absolute atomic E-state index is 0.00439. The molecule has 0 saturated carbocycles. The lowest BCUT2D eigenvalue weighted by Crippen LogP contribution is -2.17. The first-order valence-electron chi connectivity index (χ1n) is 8.49. The van der Waals surface area contributed by atoms with Gasteiger partial charge in [0.2, 0.25) is 0 Å². The van der Waals surface area contributed by atoms with Crippen molar-refractivity contribution in [3.8, 4) is 5.75 Å². The summed E-state index contributed by atoms with van der Waals surface area (Å²) in [6, 6.07) is 12.8. The van der Waals surface area contributed by atoms with E-state index >= 15 is 0 Å². The standard InChI is InChI=1S/C21H14F2I2N2O3/c1-30-19-7-2-11(20(28)26-17-9-12(24)3-5-15(17)22)8-14(19)21(29)27-18-10-13(25)4-6-16(18)23/h2-10H,1H3,(H,26,28)(H,27,29). The van der Waals surface area contributed by atoms with Gasteiger partial charge in [0, 0.05) is 12.7 Å². The number of nitrogens with one attached hydrogen (secondary N) is 2. The molecular formula is C21H14F2I2N2O3. The van der Waals surface area contributed by atoms with Crippen molar-refractivity contribution in [1.29, 1.82) is 0 Å². The van der Waals surface area contributed by atoms with Crippen LogP contribution in [0.3, 0.4) is 0 Å². The zero-order chi connectivity index (χ0) is 21.8. The first kappa shape index (κ1) is 22.4. The molecule has 0 fully saturated rings. The van der Waals surface area contributed by atoms with Gasteiger partial charge in [-0.2, -0.15) is 0 Å². The summed E-state index contributed by atoms with van der Waals surface area (Å²) in [5, 5.41) is 4.97. The number of rotatable bonds is 5. The van der Waals surface area contributed by atoms with Gasteiger partial charge >= 0.3 is 0 Å².